The molecule has 1 aliphatic heterocycles. The Morgan fingerprint density at radius 3 is 2.18 bits per heavy atom. The average Bonchev–Trinajstić information content (AvgIpc) is 3.15. The van der Waals surface area contributed by atoms with Crippen molar-refractivity contribution in [3.05, 3.63) is 83.7 Å². The highest BCUT2D eigenvalue weighted by molar-refractivity contribution is 6.05. The molecular formula is C30H34FN3O4. The molecule has 1 aliphatic carbocycles. The third-order valence-electron chi connectivity index (χ3n) is 7.15. The van der Waals surface area contributed by atoms with Gasteiger partial charge in [0, 0.05) is 37.5 Å². The molecule has 4 rings (SSSR count). The van der Waals surface area contributed by atoms with Gasteiger partial charge in [0.2, 0.25) is 23.6 Å². The standard InChI is InChI=1S/C30H34FN3O4/c1-20(2)32-28(36)26(18-21-10-4-3-5-11-21)34(19-22-12-6-9-15-25(22)31)27(35)16-17-33-29(37)23-13-7-8-14-24(23)30(33)38/h3-12,15,20,23-24,26H,13-14,16-19H2,1-2H3,(H,32,36)/t23-,24+,26-/m1/s1. The minimum absolute atomic E-state index is 0.0683. The quantitative estimate of drug-likeness (QED) is 0.384. The van der Waals surface area contributed by atoms with E-state index in [2.05, 4.69) is 5.32 Å². The Hall–Kier alpha value is -3.81. The first-order valence-corrected chi connectivity index (χ1v) is 13.1. The van der Waals surface area contributed by atoms with Crippen LogP contribution in [0.4, 0.5) is 4.39 Å². The van der Waals surface area contributed by atoms with Crippen molar-refractivity contribution < 1.29 is 23.6 Å². The van der Waals surface area contributed by atoms with Crippen molar-refractivity contribution in [3.8, 4) is 0 Å². The maximum absolute atomic E-state index is 14.7. The van der Waals surface area contributed by atoms with Crippen LogP contribution in [0.5, 0.6) is 0 Å². The summed E-state index contributed by atoms with van der Waals surface area (Å²) in [5.41, 5.74) is 1.13. The van der Waals surface area contributed by atoms with Crippen molar-refractivity contribution in [2.75, 3.05) is 6.54 Å². The van der Waals surface area contributed by atoms with Crippen LogP contribution < -0.4 is 5.32 Å². The van der Waals surface area contributed by atoms with E-state index in [4.69, 9.17) is 0 Å². The average molecular weight is 520 g/mol. The smallest absolute Gasteiger partial charge is 0.243 e. The van der Waals surface area contributed by atoms with Gasteiger partial charge in [0.05, 0.1) is 11.8 Å². The number of fused-ring (bicyclic) bond motifs is 1. The van der Waals surface area contributed by atoms with Crippen LogP contribution in [-0.2, 0) is 32.1 Å². The molecule has 2 aromatic rings. The van der Waals surface area contributed by atoms with Crippen molar-refractivity contribution >= 4 is 23.6 Å². The molecule has 200 valence electrons. The zero-order valence-corrected chi connectivity index (χ0v) is 21.8. The molecule has 1 fully saturated rings. The van der Waals surface area contributed by atoms with Gasteiger partial charge >= 0.3 is 0 Å². The van der Waals surface area contributed by atoms with Gasteiger partial charge in [-0.3, -0.25) is 24.1 Å². The van der Waals surface area contributed by atoms with Crippen LogP contribution in [0.15, 0.2) is 66.7 Å². The van der Waals surface area contributed by atoms with Crippen molar-refractivity contribution in [1.29, 1.82) is 0 Å². The number of amides is 4. The molecule has 1 saturated heterocycles. The molecule has 7 nitrogen and oxygen atoms in total. The first-order chi connectivity index (χ1) is 18.3. The molecular weight excluding hydrogens is 485 g/mol. The maximum Gasteiger partial charge on any atom is 0.243 e. The highest BCUT2D eigenvalue weighted by Crippen LogP contribution is 2.35. The SMILES string of the molecule is CC(C)NC(=O)[C@@H](Cc1ccccc1)N(Cc1ccccc1F)C(=O)CCN1C(=O)[C@H]2CC=CC[C@H]2C1=O. The van der Waals surface area contributed by atoms with Gasteiger partial charge in [-0.2, -0.15) is 0 Å². The monoisotopic (exact) mass is 519 g/mol. The molecule has 0 bridgehead atoms. The van der Waals surface area contributed by atoms with Crippen molar-refractivity contribution in [2.45, 2.75) is 58.2 Å². The third kappa shape index (κ3) is 6.18. The summed E-state index contributed by atoms with van der Waals surface area (Å²) in [6.07, 6.45) is 4.95. The van der Waals surface area contributed by atoms with Crippen LogP contribution in [-0.4, -0.2) is 52.1 Å². The highest BCUT2D eigenvalue weighted by Gasteiger charge is 2.47. The molecule has 0 radical (unpaired) electrons. The molecule has 0 aromatic heterocycles. The van der Waals surface area contributed by atoms with Crippen molar-refractivity contribution in [2.24, 2.45) is 11.8 Å². The molecule has 0 saturated carbocycles. The van der Waals surface area contributed by atoms with E-state index < -0.39 is 17.8 Å². The number of rotatable bonds is 10. The number of halogens is 1. The minimum atomic E-state index is -0.913. The number of imide groups is 1. The van der Waals surface area contributed by atoms with Gasteiger partial charge in [-0.05, 0) is 38.3 Å². The summed E-state index contributed by atoms with van der Waals surface area (Å²) in [4.78, 5) is 55.5. The second kappa shape index (κ2) is 12.2. The van der Waals surface area contributed by atoms with Gasteiger partial charge < -0.3 is 10.2 Å². The molecule has 0 unspecified atom stereocenters. The molecule has 2 aromatic carbocycles. The second-order valence-electron chi connectivity index (χ2n) is 10.2. The van der Waals surface area contributed by atoms with E-state index >= 15 is 0 Å². The van der Waals surface area contributed by atoms with Gasteiger partial charge in [0.15, 0.2) is 0 Å². The Bertz CT molecular complexity index is 1190. The van der Waals surface area contributed by atoms with E-state index in [-0.39, 0.29) is 67.1 Å². The van der Waals surface area contributed by atoms with Crippen molar-refractivity contribution in [1.82, 2.24) is 15.1 Å². The first-order valence-electron chi connectivity index (χ1n) is 13.1. The van der Waals surface area contributed by atoms with Crippen LogP contribution in [0.2, 0.25) is 0 Å². The first kappa shape index (κ1) is 27.2. The lowest BCUT2D eigenvalue weighted by Gasteiger charge is -2.32. The van der Waals surface area contributed by atoms with Gasteiger partial charge in [0.1, 0.15) is 11.9 Å². The predicted octanol–water partition coefficient (Wildman–Crippen LogP) is 3.63. The Kier molecular flexibility index (Phi) is 8.71. The number of hydrogen-bond donors (Lipinski definition) is 1. The normalized spacial score (nSPS) is 19.4. The Balaban J connectivity index is 1.59. The summed E-state index contributed by atoms with van der Waals surface area (Å²) >= 11 is 0. The summed E-state index contributed by atoms with van der Waals surface area (Å²) in [5.74, 6) is -2.51. The molecule has 8 heteroatoms. The number of benzene rings is 2. The lowest BCUT2D eigenvalue weighted by atomic mass is 9.85. The van der Waals surface area contributed by atoms with Crippen LogP contribution in [0, 0.1) is 17.7 Å². The van der Waals surface area contributed by atoms with E-state index in [0.29, 0.717) is 12.8 Å². The topological polar surface area (TPSA) is 86.8 Å². The van der Waals surface area contributed by atoms with Gasteiger partial charge in [-0.15, -0.1) is 0 Å². The van der Waals surface area contributed by atoms with E-state index in [1.807, 2.05) is 56.3 Å². The lowest BCUT2D eigenvalue weighted by molar-refractivity contribution is -0.144. The lowest BCUT2D eigenvalue weighted by Crippen LogP contribution is -2.52. The van der Waals surface area contributed by atoms with Gasteiger partial charge in [-0.1, -0.05) is 60.7 Å². The van der Waals surface area contributed by atoms with E-state index in [0.717, 1.165) is 5.56 Å². The summed E-state index contributed by atoms with van der Waals surface area (Å²) in [6, 6.07) is 14.4. The third-order valence-corrected chi connectivity index (χ3v) is 7.15. The number of hydrogen-bond acceptors (Lipinski definition) is 4. The predicted molar refractivity (Wildman–Crippen MR) is 141 cm³/mol. The van der Waals surface area contributed by atoms with Gasteiger partial charge in [0.25, 0.3) is 0 Å². The molecule has 38 heavy (non-hydrogen) atoms. The Morgan fingerprint density at radius 1 is 0.974 bits per heavy atom. The minimum Gasteiger partial charge on any atom is -0.352 e. The fraction of sp³-hybridized carbons (Fsp3) is 0.400. The summed E-state index contributed by atoms with van der Waals surface area (Å²) < 4.78 is 14.7. The molecule has 1 heterocycles. The van der Waals surface area contributed by atoms with E-state index in [1.54, 1.807) is 18.2 Å². The number of allylic oxidation sites excluding steroid dienone is 2. The van der Waals surface area contributed by atoms with Crippen molar-refractivity contribution in [3.63, 3.8) is 0 Å². The molecule has 1 N–H and O–H groups in total. The number of likely N-dealkylation sites (tertiary alicyclic amines) is 1. The van der Waals surface area contributed by atoms with E-state index in [9.17, 15) is 23.6 Å². The van der Waals surface area contributed by atoms with E-state index in [1.165, 1.54) is 15.9 Å². The molecule has 0 spiro atoms. The zero-order valence-electron chi connectivity index (χ0n) is 21.8. The Morgan fingerprint density at radius 2 is 1.58 bits per heavy atom. The Labute approximate surface area is 222 Å². The van der Waals surface area contributed by atoms with Crippen LogP contribution >= 0.6 is 0 Å². The number of carbonyl (C=O) groups is 4. The highest BCUT2D eigenvalue weighted by atomic mass is 19.1. The number of nitrogens with one attached hydrogen (secondary N) is 1. The fourth-order valence-electron chi connectivity index (χ4n) is 5.19. The van der Waals surface area contributed by atoms with Gasteiger partial charge in [-0.25, -0.2) is 4.39 Å². The van der Waals surface area contributed by atoms with Crippen LogP contribution in [0.1, 0.15) is 44.2 Å². The van der Waals surface area contributed by atoms with Crippen LogP contribution in [0.25, 0.3) is 0 Å². The molecule has 3 atom stereocenters. The number of carbonyl (C=O) groups excluding carboxylic acids is 4. The fourth-order valence-corrected chi connectivity index (χ4v) is 5.19. The summed E-state index contributed by atoms with van der Waals surface area (Å²) in [7, 11) is 0. The molecule has 4 amide bonds. The second-order valence-corrected chi connectivity index (χ2v) is 10.2. The summed E-state index contributed by atoms with van der Waals surface area (Å²) in [5, 5.41) is 2.89. The zero-order chi connectivity index (χ0) is 27.2. The number of nitrogens with zero attached hydrogens (tertiary/aromatic N) is 2. The molecule has 2 aliphatic rings. The maximum atomic E-state index is 14.7. The summed E-state index contributed by atoms with van der Waals surface area (Å²) in [6.45, 7) is 3.48. The van der Waals surface area contributed by atoms with Crippen LogP contribution in [0.3, 0.4) is 0 Å². The largest absolute Gasteiger partial charge is 0.352 e.